The zero-order valence-electron chi connectivity index (χ0n) is 43.0. The van der Waals surface area contributed by atoms with Crippen molar-refractivity contribution in [1.29, 1.82) is 0 Å². The van der Waals surface area contributed by atoms with Gasteiger partial charge in [0.25, 0.3) is 6.47 Å². The number of hydrogen-bond acceptors (Lipinski definition) is 8. The van der Waals surface area contributed by atoms with E-state index < -0.39 is 0 Å². The smallest absolute Gasteiger partial charge is 0.373 e. The van der Waals surface area contributed by atoms with Crippen molar-refractivity contribution < 1.29 is 27.9 Å². The summed E-state index contributed by atoms with van der Waals surface area (Å²) in [5, 5.41) is 2.61. The molecule has 0 radical (unpaired) electrons. The molecule has 73 heavy (non-hydrogen) atoms. The number of aryl methyl sites for hydroxylation is 1. The summed E-state index contributed by atoms with van der Waals surface area (Å²) in [5.41, 5.74) is 13.5. The summed E-state index contributed by atoms with van der Waals surface area (Å²) in [6.45, 7) is 15.2. The maximum absolute atomic E-state index is 14.8. The number of aromatic nitrogens is 2. The first-order valence-electron chi connectivity index (χ1n) is 27.8. The number of piperidine rings is 2. The van der Waals surface area contributed by atoms with E-state index in [0.717, 1.165) is 80.4 Å². The maximum Gasteiger partial charge on any atom is 0.373 e. The Morgan fingerprint density at radius 1 is 0.521 bits per heavy atom. The molecule has 2 saturated heterocycles. The SMILES string of the molecule is Cc1ccc2c(C3CCCCC3)c3n(c2c1)CCN(CCN1CCCCC1)c1ccc(F)cc1-3.O=C=O.O=COc1ccc2c(C3CCCCC3)c3n(c2c1)CCN(CCN1CCCCC1)c1ccc(F)cc1-3. The fourth-order valence-electron chi connectivity index (χ4n) is 13.6. The normalized spacial score (nSPS) is 18.7. The molecule has 0 atom stereocenters. The van der Waals surface area contributed by atoms with Crippen LogP contribution in [-0.4, -0.2) is 97.0 Å². The lowest BCUT2D eigenvalue weighted by molar-refractivity contribution is -0.191. The molecule has 12 rings (SSSR count). The van der Waals surface area contributed by atoms with Gasteiger partial charge >= 0.3 is 6.15 Å². The largest absolute Gasteiger partial charge is 0.429 e. The summed E-state index contributed by atoms with van der Waals surface area (Å²) in [6, 6.07) is 23.8. The van der Waals surface area contributed by atoms with Crippen LogP contribution in [0.1, 0.15) is 131 Å². The molecule has 386 valence electrons. The van der Waals surface area contributed by atoms with Crippen LogP contribution in [0.2, 0.25) is 0 Å². The van der Waals surface area contributed by atoms with E-state index in [2.05, 4.69) is 59.9 Å². The van der Waals surface area contributed by atoms with Crippen LogP contribution in [0.4, 0.5) is 20.2 Å². The number of halogens is 2. The first-order chi connectivity index (χ1) is 35.8. The van der Waals surface area contributed by atoms with E-state index in [0.29, 0.717) is 24.1 Å². The van der Waals surface area contributed by atoms with Gasteiger partial charge in [-0.05, 0) is 168 Å². The number of anilines is 2. The standard InChI is InChI=1S/C30H36FN3O2.C30H38FN3.CO2/c31-23-9-12-27-26(19-23)30-29(22-7-3-1-4-8-22)25-11-10-24(36-21-35)20-28(25)34(30)18-17-33(27)16-15-32-13-5-2-6-14-32;1-22-10-12-25-28(20-22)34-19-18-33(17-16-32-14-6-3-7-15-32)27-13-11-24(31)21-26(27)30(34)29(25)23-8-4-2-5-9-23;2-1-3/h9-12,19-22H,1-8,13-18H2;10-13,20-21,23H,2-9,14-19H2,1H3;. The number of carbonyl (C=O) groups is 1. The number of carbonyl (C=O) groups excluding carboxylic acids is 3. The van der Waals surface area contributed by atoms with Gasteiger partial charge in [0.05, 0.1) is 16.9 Å². The molecule has 0 unspecified atom stereocenters. The summed E-state index contributed by atoms with van der Waals surface area (Å²) >= 11 is 0. The van der Waals surface area contributed by atoms with Crippen molar-refractivity contribution in [3.05, 3.63) is 101 Å². The Morgan fingerprint density at radius 3 is 1.42 bits per heavy atom. The zero-order chi connectivity index (χ0) is 50.3. The molecule has 0 bridgehead atoms. The van der Waals surface area contributed by atoms with Crippen molar-refractivity contribution in [2.45, 2.75) is 135 Å². The van der Waals surface area contributed by atoms with Crippen molar-refractivity contribution in [1.82, 2.24) is 18.9 Å². The van der Waals surface area contributed by atoms with Gasteiger partial charge in [-0.3, -0.25) is 4.79 Å². The average Bonchev–Trinajstić information content (AvgIpc) is 3.79. The van der Waals surface area contributed by atoms with Gasteiger partial charge in [-0.2, -0.15) is 9.59 Å². The van der Waals surface area contributed by atoms with E-state index in [9.17, 15) is 13.6 Å². The minimum Gasteiger partial charge on any atom is -0.429 e. The van der Waals surface area contributed by atoms with Crippen LogP contribution >= 0.6 is 0 Å². The molecule has 6 aliphatic rings. The zero-order valence-corrected chi connectivity index (χ0v) is 43.0. The highest BCUT2D eigenvalue weighted by Crippen LogP contribution is 2.50. The number of benzene rings is 4. The molecule has 4 aliphatic heterocycles. The molecule has 4 fully saturated rings. The number of fused-ring (bicyclic) bond motifs is 10. The molecule has 0 N–H and O–H groups in total. The van der Waals surface area contributed by atoms with Gasteiger partial charge in [0.1, 0.15) is 17.4 Å². The summed E-state index contributed by atoms with van der Waals surface area (Å²) in [7, 11) is 0. The molecule has 2 aromatic heterocycles. The average molecular weight is 993 g/mol. The first kappa shape index (κ1) is 50.7. The van der Waals surface area contributed by atoms with Gasteiger partial charge in [0, 0.05) is 97.2 Å². The Kier molecular flexibility index (Phi) is 16.4. The number of hydrogen-bond donors (Lipinski definition) is 0. The fraction of sp³-hybridized carbons (Fsp3) is 0.508. The highest BCUT2D eigenvalue weighted by Gasteiger charge is 2.33. The maximum atomic E-state index is 14.8. The Balaban J connectivity index is 0.000000159. The van der Waals surface area contributed by atoms with E-state index >= 15 is 0 Å². The Hall–Kier alpha value is -5.81. The topological polar surface area (TPSA) is 83.3 Å². The Bertz CT molecular complexity index is 2900. The lowest BCUT2D eigenvalue weighted by Gasteiger charge is -2.31. The van der Waals surface area contributed by atoms with Crippen molar-refractivity contribution >= 4 is 45.8 Å². The monoisotopic (exact) mass is 993 g/mol. The number of rotatable bonds is 10. The second-order valence-electron chi connectivity index (χ2n) is 21.6. The molecule has 2 aliphatic carbocycles. The summed E-state index contributed by atoms with van der Waals surface area (Å²) in [4.78, 5) is 37.5. The van der Waals surface area contributed by atoms with E-state index in [1.165, 1.54) is 173 Å². The molecule has 12 heteroatoms. The van der Waals surface area contributed by atoms with Crippen LogP contribution in [0, 0.1) is 18.6 Å². The van der Waals surface area contributed by atoms with Crippen LogP contribution in [0.15, 0.2) is 72.8 Å². The summed E-state index contributed by atoms with van der Waals surface area (Å²) in [5.74, 6) is 1.28. The second-order valence-corrected chi connectivity index (χ2v) is 21.6. The second kappa shape index (κ2) is 23.6. The molecule has 6 aromatic rings. The summed E-state index contributed by atoms with van der Waals surface area (Å²) < 4.78 is 39.7. The molecule has 6 heterocycles. The van der Waals surface area contributed by atoms with Gasteiger partial charge in [-0.1, -0.05) is 63.5 Å². The van der Waals surface area contributed by atoms with E-state index in [4.69, 9.17) is 14.3 Å². The molecular formula is C61H74F2N6O4. The van der Waals surface area contributed by atoms with Gasteiger partial charge in [0.15, 0.2) is 0 Å². The predicted octanol–water partition coefficient (Wildman–Crippen LogP) is 12.9. The third kappa shape index (κ3) is 11.0. The quantitative estimate of drug-likeness (QED) is 0.126. The van der Waals surface area contributed by atoms with E-state index in [1.54, 1.807) is 18.2 Å². The van der Waals surface area contributed by atoms with Gasteiger partial charge in [-0.15, -0.1) is 0 Å². The van der Waals surface area contributed by atoms with Gasteiger partial charge in [0.2, 0.25) is 0 Å². The minimum atomic E-state index is -0.192. The number of nitrogens with zero attached hydrogens (tertiary/aromatic N) is 6. The van der Waals surface area contributed by atoms with Crippen LogP contribution in [0.25, 0.3) is 44.3 Å². The number of likely N-dealkylation sites (tertiary alicyclic amines) is 2. The molecule has 10 nitrogen and oxygen atoms in total. The van der Waals surface area contributed by atoms with Crippen molar-refractivity contribution in [2.75, 3.05) is 75.2 Å². The molecule has 0 amide bonds. The minimum absolute atomic E-state index is 0.126. The van der Waals surface area contributed by atoms with Crippen LogP contribution < -0.4 is 14.5 Å². The van der Waals surface area contributed by atoms with Gasteiger partial charge in [-0.25, -0.2) is 8.78 Å². The van der Waals surface area contributed by atoms with Crippen molar-refractivity contribution in [2.24, 2.45) is 0 Å². The molecular weight excluding hydrogens is 919 g/mol. The number of ether oxygens (including phenoxy) is 1. The van der Waals surface area contributed by atoms with Crippen molar-refractivity contribution in [3.8, 4) is 28.3 Å². The first-order valence-corrected chi connectivity index (χ1v) is 27.8. The fourth-order valence-corrected chi connectivity index (χ4v) is 13.6. The van der Waals surface area contributed by atoms with Crippen molar-refractivity contribution in [3.63, 3.8) is 0 Å². The lowest BCUT2D eigenvalue weighted by atomic mass is 9.81. The van der Waals surface area contributed by atoms with E-state index in [-0.39, 0.29) is 17.8 Å². The molecule has 4 aromatic carbocycles. The third-order valence-electron chi connectivity index (χ3n) is 17.1. The predicted molar refractivity (Wildman–Crippen MR) is 288 cm³/mol. The van der Waals surface area contributed by atoms with Crippen LogP contribution in [-0.2, 0) is 27.5 Å². The van der Waals surface area contributed by atoms with E-state index in [1.807, 2.05) is 30.3 Å². The highest BCUT2D eigenvalue weighted by atomic mass is 19.1. The van der Waals surface area contributed by atoms with Gasteiger partial charge < -0.3 is 33.5 Å². The molecule has 2 saturated carbocycles. The Morgan fingerprint density at radius 2 is 0.959 bits per heavy atom. The molecule has 0 spiro atoms. The highest BCUT2D eigenvalue weighted by molar-refractivity contribution is 5.97. The Labute approximate surface area is 430 Å². The van der Waals surface area contributed by atoms with Crippen LogP contribution in [0.3, 0.4) is 0 Å². The lowest BCUT2D eigenvalue weighted by Crippen LogP contribution is -2.38. The van der Waals surface area contributed by atoms with Crippen LogP contribution in [0.5, 0.6) is 5.75 Å². The third-order valence-corrected chi connectivity index (χ3v) is 17.1. The summed E-state index contributed by atoms with van der Waals surface area (Å²) in [6.07, 6.45) is 20.7.